The van der Waals surface area contributed by atoms with Crippen molar-refractivity contribution in [2.45, 2.75) is 31.0 Å². The Morgan fingerprint density at radius 3 is 2.77 bits per heavy atom. The number of nitrogens with one attached hydrogen (secondary N) is 1. The zero-order valence-electron chi connectivity index (χ0n) is 19.8. The van der Waals surface area contributed by atoms with Crippen molar-refractivity contribution in [3.05, 3.63) is 72.4 Å². The summed E-state index contributed by atoms with van der Waals surface area (Å²) in [5, 5.41) is 3.77. The number of benzene rings is 2. The van der Waals surface area contributed by atoms with Crippen molar-refractivity contribution in [2.24, 2.45) is 7.05 Å². The number of aromatic nitrogens is 3. The van der Waals surface area contributed by atoms with Gasteiger partial charge in [-0.3, -0.25) is 9.59 Å². The van der Waals surface area contributed by atoms with Gasteiger partial charge in [0.05, 0.1) is 16.8 Å². The molecule has 2 aromatic carbocycles. The molecule has 2 aromatic heterocycles. The van der Waals surface area contributed by atoms with Gasteiger partial charge >= 0.3 is 0 Å². The normalized spacial score (nSPS) is 15.5. The highest BCUT2D eigenvalue weighted by molar-refractivity contribution is 7.99. The summed E-state index contributed by atoms with van der Waals surface area (Å²) in [6.07, 6.45) is 3.10. The van der Waals surface area contributed by atoms with E-state index in [0.717, 1.165) is 39.3 Å². The van der Waals surface area contributed by atoms with E-state index in [1.165, 1.54) is 11.8 Å². The van der Waals surface area contributed by atoms with Gasteiger partial charge in [-0.05, 0) is 55.2 Å². The number of amides is 2. The maximum atomic E-state index is 13.2. The Morgan fingerprint density at radius 1 is 1.11 bits per heavy atom. The standard InChI is InChI=1S/C27H27N5O2S/c1-18-12-13-22-21(16-18)29-27(31(22)2)35-17-24(33)32-15-7-11-23(32)26(34)30-25-20(10-6-14-28-25)19-8-4-3-5-9-19/h3-6,8-10,12-14,16,23H,7,11,15,17H2,1-2H3,(H,28,30,34)/t23-/m0/s1. The molecule has 1 saturated heterocycles. The number of pyridine rings is 1. The number of rotatable bonds is 6. The van der Waals surface area contributed by atoms with Crippen LogP contribution in [0.5, 0.6) is 0 Å². The Hall–Kier alpha value is -3.65. The van der Waals surface area contributed by atoms with Crippen LogP contribution in [0.4, 0.5) is 5.82 Å². The molecule has 0 radical (unpaired) electrons. The lowest BCUT2D eigenvalue weighted by Gasteiger charge is -2.24. The average Bonchev–Trinajstić information content (AvgIpc) is 3.48. The molecule has 7 nitrogen and oxygen atoms in total. The molecule has 4 aromatic rings. The number of anilines is 1. The van der Waals surface area contributed by atoms with E-state index < -0.39 is 6.04 Å². The number of nitrogens with zero attached hydrogens (tertiary/aromatic N) is 4. The van der Waals surface area contributed by atoms with E-state index in [2.05, 4.69) is 21.4 Å². The van der Waals surface area contributed by atoms with Crippen LogP contribution < -0.4 is 5.32 Å². The Labute approximate surface area is 208 Å². The van der Waals surface area contributed by atoms with Gasteiger partial charge in [0, 0.05) is 25.4 Å². The van der Waals surface area contributed by atoms with Crippen molar-refractivity contribution >= 4 is 40.4 Å². The Balaban J connectivity index is 1.27. The number of aryl methyl sites for hydroxylation is 2. The molecule has 35 heavy (non-hydrogen) atoms. The molecule has 1 fully saturated rings. The molecule has 1 atom stereocenters. The molecule has 178 valence electrons. The second-order valence-electron chi connectivity index (χ2n) is 8.73. The third kappa shape index (κ3) is 4.79. The van der Waals surface area contributed by atoms with E-state index in [4.69, 9.17) is 0 Å². The van der Waals surface area contributed by atoms with Crippen molar-refractivity contribution < 1.29 is 9.59 Å². The molecule has 0 spiro atoms. The van der Waals surface area contributed by atoms with Crippen LogP contribution in [-0.4, -0.2) is 49.6 Å². The van der Waals surface area contributed by atoms with Gasteiger partial charge in [-0.15, -0.1) is 0 Å². The summed E-state index contributed by atoms with van der Waals surface area (Å²) in [5.74, 6) is 0.487. The van der Waals surface area contributed by atoms with Gasteiger partial charge in [-0.2, -0.15) is 0 Å². The van der Waals surface area contributed by atoms with E-state index in [1.54, 1.807) is 11.1 Å². The summed E-state index contributed by atoms with van der Waals surface area (Å²) in [7, 11) is 1.96. The Kier molecular flexibility index (Phi) is 6.55. The van der Waals surface area contributed by atoms with E-state index in [9.17, 15) is 9.59 Å². The average molecular weight is 486 g/mol. The first kappa shape index (κ1) is 23.1. The SMILES string of the molecule is Cc1ccc2c(c1)nc(SCC(=O)N1CCC[C@H]1C(=O)Nc1ncccc1-c1ccccc1)n2C. The number of carbonyl (C=O) groups is 2. The van der Waals surface area contributed by atoms with E-state index >= 15 is 0 Å². The number of hydrogen-bond donors (Lipinski definition) is 1. The van der Waals surface area contributed by atoms with Crippen molar-refractivity contribution in [3.8, 4) is 11.1 Å². The predicted octanol–water partition coefficient (Wildman–Crippen LogP) is 4.67. The van der Waals surface area contributed by atoms with Crippen LogP contribution in [0, 0.1) is 6.92 Å². The summed E-state index contributed by atoms with van der Waals surface area (Å²) in [4.78, 5) is 37.1. The summed E-state index contributed by atoms with van der Waals surface area (Å²) in [5.41, 5.74) is 4.94. The second kappa shape index (κ2) is 9.92. The van der Waals surface area contributed by atoms with E-state index in [-0.39, 0.29) is 17.6 Å². The summed E-state index contributed by atoms with van der Waals surface area (Å²) in [6, 6.07) is 19.3. The van der Waals surface area contributed by atoms with Gasteiger partial charge < -0.3 is 14.8 Å². The molecule has 0 unspecified atom stereocenters. The first-order valence-corrected chi connectivity index (χ1v) is 12.7. The number of carbonyl (C=O) groups excluding carboxylic acids is 2. The van der Waals surface area contributed by atoms with Gasteiger partial charge in [0.1, 0.15) is 11.9 Å². The minimum atomic E-state index is -0.503. The summed E-state index contributed by atoms with van der Waals surface area (Å²) < 4.78 is 2.01. The lowest BCUT2D eigenvalue weighted by atomic mass is 10.1. The molecule has 1 aliphatic rings. The fourth-order valence-electron chi connectivity index (χ4n) is 4.52. The number of likely N-dealkylation sites (tertiary alicyclic amines) is 1. The highest BCUT2D eigenvalue weighted by atomic mass is 32.2. The van der Waals surface area contributed by atoms with Crippen LogP contribution >= 0.6 is 11.8 Å². The second-order valence-corrected chi connectivity index (χ2v) is 9.68. The van der Waals surface area contributed by atoms with Crippen LogP contribution in [-0.2, 0) is 16.6 Å². The molecule has 5 rings (SSSR count). The predicted molar refractivity (Wildman–Crippen MR) is 139 cm³/mol. The van der Waals surface area contributed by atoms with Crippen LogP contribution in [0.1, 0.15) is 18.4 Å². The third-order valence-electron chi connectivity index (χ3n) is 6.33. The van der Waals surface area contributed by atoms with E-state index in [0.29, 0.717) is 18.8 Å². The molecule has 0 aliphatic carbocycles. The minimum Gasteiger partial charge on any atom is -0.330 e. The minimum absolute atomic E-state index is 0.0554. The van der Waals surface area contributed by atoms with Gasteiger partial charge in [-0.25, -0.2) is 9.97 Å². The lowest BCUT2D eigenvalue weighted by Crippen LogP contribution is -2.44. The molecule has 1 N–H and O–H groups in total. The molecule has 2 amide bonds. The highest BCUT2D eigenvalue weighted by Gasteiger charge is 2.34. The summed E-state index contributed by atoms with van der Waals surface area (Å²) in [6.45, 7) is 2.61. The first-order chi connectivity index (χ1) is 17.0. The molecule has 3 heterocycles. The monoisotopic (exact) mass is 485 g/mol. The van der Waals surface area contributed by atoms with Gasteiger partial charge in [-0.1, -0.05) is 48.2 Å². The van der Waals surface area contributed by atoms with Crippen molar-refractivity contribution in [1.29, 1.82) is 0 Å². The zero-order chi connectivity index (χ0) is 24.4. The molecule has 1 aliphatic heterocycles. The molecule has 0 saturated carbocycles. The number of thioether (sulfide) groups is 1. The van der Waals surface area contributed by atoms with Gasteiger partial charge in [0.2, 0.25) is 11.8 Å². The summed E-state index contributed by atoms with van der Waals surface area (Å²) >= 11 is 1.41. The van der Waals surface area contributed by atoms with Crippen molar-refractivity contribution in [3.63, 3.8) is 0 Å². The Bertz CT molecular complexity index is 1390. The fourth-order valence-corrected chi connectivity index (χ4v) is 5.39. The van der Waals surface area contributed by atoms with Gasteiger partial charge in [0.25, 0.3) is 0 Å². The molecular weight excluding hydrogens is 458 g/mol. The highest BCUT2D eigenvalue weighted by Crippen LogP contribution is 2.28. The molecule has 0 bridgehead atoms. The molecule has 8 heteroatoms. The van der Waals surface area contributed by atoms with E-state index in [1.807, 2.05) is 73.1 Å². The lowest BCUT2D eigenvalue weighted by molar-refractivity contribution is -0.134. The van der Waals surface area contributed by atoms with Crippen molar-refractivity contribution in [2.75, 3.05) is 17.6 Å². The maximum Gasteiger partial charge on any atom is 0.248 e. The first-order valence-electron chi connectivity index (χ1n) is 11.7. The maximum absolute atomic E-state index is 13.2. The van der Waals surface area contributed by atoms with Gasteiger partial charge in [0.15, 0.2) is 5.16 Å². The third-order valence-corrected chi connectivity index (χ3v) is 7.34. The zero-order valence-corrected chi connectivity index (χ0v) is 20.6. The Morgan fingerprint density at radius 2 is 1.94 bits per heavy atom. The fraction of sp³-hybridized carbons (Fsp3) is 0.259. The largest absolute Gasteiger partial charge is 0.330 e. The smallest absolute Gasteiger partial charge is 0.248 e. The topological polar surface area (TPSA) is 80.1 Å². The van der Waals surface area contributed by atoms with Crippen molar-refractivity contribution in [1.82, 2.24) is 19.4 Å². The van der Waals surface area contributed by atoms with Crippen LogP contribution in [0.15, 0.2) is 72.0 Å². The van der Waals surface area contributed by atoms with Crippen LogP contribution in [0.25, 0.3) is 22.2 Å². The van der Waals surface area contributed by atoms with Crippen LogP contribution in [0.3, 0.4) is 0 Å². The van der Waals surface area contributed by atoms with Crippen LogP contribution in [0.2, 0.25) is 0 Å². The number of hydrogen-bond acceptors (Lipinski definition) is 5. The quantitative estimate of drug-likeness (QED) is 0.402. The number of fused-ring (bicyclic) bond motifs is 1. The molecular formula is C27H27N5O2S. The number of imidazole rings is 1.